The molecular formula is C11H11ClFN3O3. The van der Waals surface area contributed by atoms with Crippen LogP contribution in [0.4, 0.5) is 15.8 Å². The van der Waals surface area contributed by atoms with Crippen molar-refractivity contribution in [2.75, 3.05) is 18.9 Å². The first kappa shape index (κ1) is 13.5. The molecule has 1 aromatic rings. The Labute approximate surface area is 113 Å². The molecule has 0 aliphatic carbocycles. The van der Waals surface area contributed by atoms with Crippen LogP contribution in [0, 0.1) is 15.9 Å². The highest BCUT2D eigenvalue weighted by Gasteiger charge is 2.31. The van der Waals surface area contributed by atoms with Crippen LogP contribution in [0.1, 0.15) is 6.42 Å². The summed E-state index contributed by atoms with van der Waals surface area (Å²) in [6.45, 7) is 0.556. The Morgan fingerprint density at radius 1 is 1.58 bits per heavy atom. The van der Waals surface area contributed by atoms with E-state index in [1.54, 1.807) is 7.05 Å². The molecule has 19 heavy (non-hydrogen) atoms. The summed E-state index contributed by atoms with van der Waals surface area (Å²) in [4.78, 5) is 23.5. The van der Waals surface area contributed by atoms with Crippen molar-refractivity contribution < 1.29 is 14.1 Å². The van der Waals surface area contributed by atoms with Crippen molar-refractivity contribution in [1.82, 2.24) is 4.90 Å². The molecule has 1 aliphatic heterocycles. The minimum absolute atomic E-state index is 0.0412. The fourth-order valence-electron chi connectivity index (χ4n) is 1.95. The lowest BCUT2D eigenvalue weighted by atomic mass is 10.2. The summed E-state index contributed by atoms with van der Waals surface area (Å²) >= 11 is 5.52. The van der Waals surface area contributed by atoms with Crippen LogP contribution in [0.15, 0.2) is 12.1 Å². The van der Waals surface area contributed by atoms with E-state index in [4.69, 9.17) is 11.6 Å². The SMILES string of the molecule is CN1CCC(Nc2cc(F)c(Cl)cc2[N+](=O)[O-])C1=O. The van der Waals surface area contributed by atoms with E-state index >= 15 is 0 Å². The van der Waals surface area contributed by atoms with Crippen LogP contribution in [0.5, 0.6) is 0 Å². The Morgan fingerprint density at radius 3 is 2.79 bits per heavy atom. The molecule has 1 N–H and O–H groups in total. The van der Waals surface area contributed by atoms with Crippen molar-refractivity contribution in [3.8, 4) is 0 Å². The largest absolute Gasteiger partial charge is 0.368 e. The maximum Gasteiger partial charge on any atom is 0.294 e. The highest BCUT2D eigenvalue weighted by Crippen LogP contribution is 2.31. The van der Waals surface area contributed by atoms with E-state index in [0.29, 0.717) is 13.0 Å². The Balaban J connectivity index is 2.32. The summed E-state index contributed by atoms with van der Waals surface area (Å²) in [7, 11) is 1.64. The van der Waals surface area contributed by atoms with E-state index in [1.807, 2.05) is 0 Å². The second-order valence-corrected chi connectivity index (χ2v) is 4.69. The molecule has 1 atom stereocenters. The fraction of sp³-hybridized carbons (Fsp3) is 0.364. The second-order valence-electron chi connectivity index (χ2n) is 4.29. The van der Waals surface area contributed by atoms with Crippen LogP contribution in [0.3, 0.4) is 0 Å². The number of nitro groups is 1. The Morgan fingerprint density at radius 2 is 2.26 bits per heavy atom. The Hall–Kier alpha value is -1.89. The van der Waals surface area contributed by atoms with Gasteiger partial charge in [0.25, 0.3) is 5.69 Å². The number of benzene rings is 1. The monoisotopic (exact) mass is 287 g/mol. The van der Waals surface area contributed by atoms with Crippen molar-refractivity contribution in [2.45, 2.75) is 12.5 Å². The first-order valence-electron chi connectivity index (χ1n) is 5.55. The predicted molar refractivity (Wildman–Crippen MR) is 67.7 cm³/mol. The third-order valence-electron chi connectivity index (χ3n) is 2.99. The third-order valence-corrected chi connectivity index (χ3v) is 3.28. The standard InChI is InChI=1S/C11H11ClFN3O3/c1-15-3-2-8(11(15)17)14-9-5-7(13)6(12)4-10(9)16(18)19/h4-5,8,14H,2-3H2,1H3. The average molecular weight is 288 g/mol. The fourth-order valence-corrected chi connectivity index (χ4v) is 2.10. The van der Waals surface area contributed by atoms with E-state index in [-0.39, 0.29) is 22.3 Å². The van der Waals surface area contributed by atoms with Crippen LogP contribution in [-0.4, -0.2) is 35.4 Å². The lowest BCUT2D eigenvalue weighted by Gasteiger charge is -2.13. The summed E-state index contributed by atoms with van der Waals surface area (Å²) < 4.78 is 13.4. The highest BCUT2D eigenvalue weighted by molar-refractivity contribution is 6.31. The van der Waals surface area contributed by atoms with Crippen LogP contribution in [0.25, 0.3) is 0 Å². The maximum atomic E-state index is 13.4. The molecule has 1 aromatic carbocycles. The molecule has 0 saturated carbocycles. The van der Waals surface area contributed by atoms with Crippen molar-refractivity contribution in [3.63, 3.8) is 0 Å². The first-order chi connectivity index (χ1) is 8.90. The molecule has 1 unspecified atom stereocenters. The molecule has 102 valence electrons. The molecule has 0 bridgehead atoms. The number of nitro benzene ring substituents is 1. The number of hydrogen-bond donors (Lipinski definition) is 1. The lowest BCUT2D eigenvalue weighted by molar-refractivity contribution is -0.384. The number of anilines is 1. The normalized spacial score (nSPS) is 18.8. The van der Waals surface area contributed by atoms with Gasteiger partial charge in [0.05, 0.1) is 9.95 Å². The molecule has 0 radical (unpaired) electrons. The van der Waals surface area contributed by atoms with Gasteiger partial charge < -0.3 is 10.2 Å². The van der Waals surface area contributed by atoms with Gasteiger partial charge in [0.1, 0.15) is 17.5 Å². The Bertz CT molecular complexity index is 552. The number of halogens is 2. The van der Waals surface area contributed by atoms with Gasteiger partial charge in [0.2, 0.25) is 5.91 Å². The molecule has 0 spiro atoms. The van der Waals surface area contributed by atoms with E-state index in [2.05, 4.69) is 5.32 Å². The number of hydrogen-bond acceptors (Lipinski definition) is 4. The number of nitrogens with zero attached hydrogens (tertiary/aromatic N) is 2. The molecule has 0 aromatic heterocycles. The average Bonchev–Trinajstić information content (AvgIpc) is 2.65. The van der Waals surface area contributed by atoms with Gasteiger partial charge in [0, 0.05) is 25.7 Å². The quantitative estimate of drug-likeness (QED) is 0.682. The third kappa shape index (κ3) is 2.60. The van der Waals surface area contributed by atoms with Gasteiger partial charge in [-0.25, -0.2) is 4.39 Å². The van der Waals surface area contributed by atoms with Gasteiger partial charge in [-0.05, 0) is 6.42 Å². The van der Waals surface area contributed by atoms with E-state index < -0.39 is 16.8 Å². The summed E-state index contributed by atoms with van der Waals surface area (Å²) in [5.74, 6) is -0.946. The molecule has 2 rings (SSSR count). The number of carbonyl (C=O) groups is 1. The van der Waals surface area contributed by atoms with Crippen molar-refractivity contribution in [3.05, 3.63) is 33.1 Å². The van der Waals surface area contributed by atoms with Gasteiger partial charge >= 0.3 is 0 Å². The molecule has 1 heterocycles. The zero-order valence-corrected chi connectivity index (χ0v) is 10.8. The maximum absolute atomic E-state index is 13.4. The first-order valence-corrected chi connectivity index (χ1v) is 5.93. The predicted octanol–water partition coefficient (Wildman–Crippen LogP) is 2.03. The molecule has 8 heteroatoms. The molecule has 1 fully saturated rings. The summed E-state index contributed by atoms with van der Waals surface area (Å²) in [5, 5.41) is 13.3. The van der Waals surface area contributed by atoms with Gasteiger partial charge in [-0.1, -0.05) is 11.6 Å². The van der Waals surface area contributed by atoms with Crippen molar-refractivity contribution in [1.29, 1.82) is 0 Å². The molecular weight excluding hydrogens is 277 g/mol. The van der Waals surface area contributed by atoms with Crippen LogP contribution < -0.4 is 5.32 Å². The number of amides is 1. The number of rotatable bonds is 3. The highest BCUT2D eigenvalue weighted by atomic mass is 35.5. The van der Waals surface area contributed by atoms with Crippen LogP contribution in [0.2, 0.25) is 5.02 Å². The number of carbonyl (C=O) groups excluding carboxylic acids is 1. The van der Waals surface area contributed by atoms with Crippen molar-refractivity contribution in [2.24, 2.45) is 0 Å². The van der Waals surface area contributed by atoms with Crippen LogP contribution in [-0.2, 0) is 4.79 Å². The molecule has 1 saturated heterocycles. The molecule has 1 amide bonds. The zero-order chi connectivity index (χ0) is 14.2. The zero-order valence-electron chi connectivity index (χ0n) is 10.0. The smallest absolute Gasteiger partial charge is 0.294 e. The molecule has 1 aliphatic rings. The number of likely N-dealkylation sites (N-methyl/N-ethyl adjacent to an activating group) is 1. The summed E-state index contributed by atoms with van der Waals surface area (Å²) in [6.07, 6.45) is 0.511. The lowest BCUT2D eigenvalue weighted by Crippen LogP contribution is -2.31. The van der Waals surface area contributed by atoms with Crippen LogP contribution >= 0.6 is 11.6 Å². The van der Waals surface area contributed by atoms with Crippen molar-refractivity contribution >= 4 is 28.9 Å². The summed E-state index contributed by atoms with van der Waals surface area (Å²) in [6, 6.07) is 1.29. The topological polar surface area (TPSA) is 75.5 Å². The van der Waals surface area contributed by atoms with Gasteiger partial charge in [0.15, 0.2) is 0 Å². The molecule has 6 nitrogen and oxygen atoms in total. The van der Waals surface area contributed by atoms with E-state index in [1.165, 1.54) is 4.90 Å². The minimum Gasteiger partial charge on any atom is -0.368 e. The number of nitrogens with one attached hydrogen (secondary N) is 1. The van der Waals surface area contributed by atoms with Gasteiger partial charge in [-0.2, -0.15) is 0 Å². The summed E-state index contributed by atoms with van der Waals surface area (Å²) in [5.41, 5.74) is -0.394. The van der Waals surface area contributed by atoms with Gasteiger partial charge in [-0.3, -0.25) is 14.9 Å². The van der Waals surface area contributed by atoms with Gasteiger partial charge in [-0.15, -0.1) is 0 Å². The second kappa shape index (κ2) is 5.00. The van der Waals surface area contributed by atoms with E-state index in [9.17, 15) is 19.3 Å². The Kier molecular flexibility index (Phi) is 3.57. The van der Waals surface area contributed by atoms with E-state index in [0.717, 1.165) is 12.1 Å². The number of likely N-dealkylation sites (tertiary alicyclic amines) is 1. The minimum atomic E-state index is -0.770.